The van der Waals surface area contributed by atoms with Gasteiger partial charge in [0, 0.05) is 36.7 Å². The zero-order valence-electron chi connectivity index (χ0n) is 14.6. The predicted molar refractivity (Wildman–Crippen MR) is 70.1 cm³/mol. The molecule has 2 rings (SSSR count). The molecule has 4 nitrogen and oxygen atoms in total. The van der Waals surface area contributed by atoms with E-state index in [2.05, 4.69) is 0 Å². The molecule has 1 aliphatic heterocycles. The van der Waals surface area contributed by atoms with Crippen LogP contribution in [-0.4, -0.2) is 43.3 Å². The highest BCUT2D eigenvalue weighted by molar-refractivity contribution is 5.40. The van der Waals surface area contributed by atoms with Crippen LogP contribution in [0, 0.1) is 0 Å². The number of methoxy groups -OCH3 is 2. The van der Waals surface area contributed by atoms with Crippen molar-refractivity contribution >= 4 is 0 Å². The van der Waals surface area contributed by atoms with Gasteiger partial charge in [0.1, 0.15) is 11.5 Å². The summed E-state index contributed by atoms with van der Waals surface area (Å²) in [6.07, 6.45) is -1.23. The van der Waals surface area contributed by atoms with E-state index in [4.69, 9.17) is 15.0 Å². The van der Waals surface area contributed by atoms with Gasteiger partial charge in [-0.15, -0.1) is 0 Å². The van der Waals surface area contributed by atoms with Gasteiger partial charge in [-0.2, -0.15) is 0 Å². The molecule has 0 bridgehead atoms. The van der Waals surface area contributed by atoms with Crippen LogP contribution in [0.15, 0.2) is 18.2 Å². The minimum atomic E-state index is -1.94. The zero-order valence-corrected chi connectivity index (χ0v) is 10.6. The van der Waals surface area contributed by atoms with Crippen molar-refractivity contribution in [2.45, 2.75) is 25.5 Å². The summed E-state index contributed by atoms with van der Waals surface area (Å²) in [5.74, 6) is 1.12. The van der Waals surface area contributed by atoms with E-state index in [0.717, 1.165) is 4.90 Å². The number of likely N-dealkylation sites (tertiary alicyclic amines) is 1. The van der Waals surface area contributed by atoms with Crippen LogP contribution in [-0.2, 0) is 6.54 Å². The summed E-state index contributed by atoms with van der Waals surface area (Å²) in [6, 6.07) is 5.13. The molecule has 0 aromatic heterocycles. The van der Waals surface area contributed by atoms with Crippen LogP contribution in [0.5, 0.6) is 11.5 Å². The Labute approximate surface area is 114 Å². The highest BCUT2D eigenvalue weighted by Crippen LogP contribution is 2.26. The number of aliphatic hydroxyl groups is 1. The van der Waals surface area contributed by atoms with Crippen molar-refractivity contribution in [1.29, 1.82) is 0 Å². The molecule has 4 heteroatoms. The van der Waals surface area contributed by atoms with Crippen LogP contribution in [0.2, 0.25) is 0 Å². The maximum Gasteiger partial charge on any atom is 0.127 e. The van der Waals surface area contributed by atoms with Gasteiger partial charge in [-0.05, 0) is 18.9 Å². The Morgan fingerprint density at radius 1 is 1.33 bits per heavy atom. The number of aliphatic hydroxyl groups excluding tert-OH is 1. The number of ether oxygens (including phenoxy) is 2. The lowest BCUT2D eigenvalue weighted by atomic mass is 10.1. The SMILES string of the molecule is [2H]C1([2H])CC(O)CC([2H])([2H])N1Cc1ccc(OC)cc1OC. The molecule has 1 aromatic carbocycles. The summed E-state index contributed by atoms with van der Waals surface area (Å²) in [5.41, 5.74) is 0.660. The number of hydrogen-bond donors (Lipinski definition) is 1. The van der Waals surface area contributed by atoms with Gasteiger partial charge in [0.15, 0.2) is 0 Å². The second-order valence-corrected chi connectivity index (χ2v) is 4.14. The third-order valence-electron chi connectivity index (χ3n) is 2.86. The normalized spacial score (nSPS) is 26.6. The summed E-state index contributed by atoms with van der Waals surface area (Å²) < 4.78 is 42.6. The Bertz CT molecular complexity index is 521. The van der Waals surface area contributed by atoms with E-state index < -0.39 is 19.1 Å². The number of piperidine rings is 1. The van der Waals surface area contributed by atoms with Crippen LogP contribution < -0.4 is 9.47 Å². The van der Waals surface area contributed by atoms with Crippen molar-refractivity contribution in [2.75, 3.05) is 27.2 Å². The maximum atomic E-state index is 9.69. The molecular weight excluding hydrogens is 230 g/mol. The second-order valence-electron chi connectivity index (χ2n) is 4.14. The summed E-state index contributed by atoms with van der Waals surface area (Å²) in [4.78, 5) is 1.14. The van der Waals surface area contributed by atoms with Crippen molar-refractivity contribution in [3.05, 3.63) is 23.8 Å². The molecule has 1 heterocycles. The van der Waals surface area contributed by atoms with Gasteiger partial charge < -0.3 is 14.6 Å². The van der Waals surface area contributed by atoms with E-state index in [1.807, 2.05) is 0 Å². The van der Waals surface area contributed by atoms with Gasteiger partial charge in [0.05, 0.1) is 20.3 Å². The monoisotopic (exact) mass is 255 g/mol. The summed E-state index contributed by atoms with van der Waals surface area (Å²) in [7, 11) is 3.04. The molecule has 18 heavy (non-hydrogen) atoms. The van der Waals surface area contributed by atoms with E-state index in [1.165, 1.54) is 14.2 Å². The molecule has 1 N–H and O–H groups in total. The first-order chi connectivity index (χ1) is 10.2. The Hall–Kier alpha value is -1.26. The molecule has 1 fully saturated rings. The predicted octanol–water partition coefficient (Wildman–Crippen LogP) is 1.66. The van der Waals surface area contributed by atoms with E-state index in [1.54, 1.807) is 18.2 Å². The minimum Gasteiger partial charge on any atom is -0.497 e. The first kappa shape index (κ1) is 8.77. The number of benzene rings is 1. The lowest BCUT2D eigenvalue weighted by Crippen LogP contribution is -2.35. The maximum absolute atomic E-state index is 9.69. The van der Waals surface area contributed by atoms with Gasteiger partial charge in [-0.25, -0.2) is 0 Å². The molecular formula is C14H21NO3. The molecule has 1 aromatic rings. The standard InChI is InChI=1S/C14H21NO3/c1-17-13-4-3-11(14(9-13)18-2)10-15-7-5-12(16)6-8-15/h3-4,9,12,16H,5-8,10H2,1-2H3/i7D2,8D2. The van der Waals surface area contributed by atoms with Crippen molar-refractivity contribution in [2.24, 2.45) is 0 Å². The largest absolute Gasteiger partial charge is 0.497 e. The molecule has 0 atom stereocenters. The molecule has 0 amide bonds. The van der Waals surface area contributed by atoms with Gasteiger partial charge in [-0.1, -0.05) is 6.07 Å². The quantitative estimate of drug-likeness (QED) is 0.888. The molecule has 0 aliphatic carbocycles. The average molecular weight is 255 g/mol. The van der Waals surface area contributed by atoms with Crippen LogP contribution in [0.25, 0.3) is 0 Å². The Kier molecular flexibility index (Phi) is 2.96. The van der Waals surface area contributed by atoms with E-state index in [-0.39, 0.29) is 19.4 Å². The second kappa shape index (κ2) is 6.07. The van der Waals surface area contributed by atoms with E-state index in [0.29, 0.717) is 17.1 Å². The van der Waals surface area contributed by atoms with Crippen LogP contribution in [0.1, 0.15) is 23.9 Å². The average Bonchev–Trinajstić information content (AvgIpc) is 2.41. The Balaban J connectivity index is 2.32. The van der Waals surface area contributed by atoms with E-state index in [9.17, 15) is 5.11 Å². The Morgan fingerprint density at radius 3 is 2.67 bits per heavy atom. The lowest BCUT2D eigenvalue weighted by molar-refractivity contribution is 0.0789. The van der Waals surface area contributed by atoms with Crippen LogP contribution >= 0.6 is 0 Å². The fraction of sp³-hybridized carbons (Fsp3) is 0.571. The van der Waals surface area contributed by atoms with Gasteiger partial charge in [0.2, 0.25) is 0 Å². The van der Waals surface area contributed by atoms with Crippen molar-refractivity contribution in [3.63, 3.8) is 0 Å². The molecule has 1 aliphatic rings. The fourth-order valence-electron chi connectivity index (χ4n) is 1.82. The number of nitrogens with zero attached hydrogens (tertiary/aromatic N) is 1. The fourth-order valence-corrected chi connectivity index (χ4v) is 1.82. The number of hydrogen-bond acceptors (Lipinski definition) is 4. The molecule has 0 spiro atoms. The first-order valence-corrected chi connectivity index (χ1v) is 5.86. The first-order valence-electron chi connectivity index (χ1n) is 7.86. The number of rotatable bonds is 4. The van der Waals surface area contributed by atoms with Gasteiger partial charge in [0.25, 0.3) is 0 Å². The molecule has 0 saturated carbocycles. The minimum absolute atomic E-state index is 0.0416. The molecule has 0 unspecified atom stereocenters. The summed E-state index contributed by atoms with van der Waals surface area (Å²) in [5, 5.41) is 9.69. The Morgan fingerprint density at radius 2 is 2.06 bits per heavy atom. The van der Waals surface area contributed by atoms with Gasteiger partial charge >= 0.3 is 0 Å². The zero-order chi connectivity index (χ0) is 16.5. The van der Waals surface area contributed by atoms with Crippen LogP contribution in [0.3, 0.4) is 0 Å². The molecule has 1 saturated heterocycles. The molecule has 100 valence electrons. The van der Waals surface area contributed by atoms with Crippen molar-refractivity contribution in [1.82, 2.24) is 4.90 Å². The summed E-state index contributed by atoms with van der Waals surface area (Å²) >= 11 is 0. The van der Waals surface area contributed by atoms with Crippen molar-refractivity contribution < 1.29 is 20.1 Å². The third-order valence-corrected chi connectivity index (χ3v) is 2.86. The summed E-state index contributed by atoms with van der Waals surface area (Å²) in [6.45, 7) is -3.84. The smallest absolute Gasteiger partial charge is 0.127 e. The highest BCUT2D eigenvalue weighted by atomic mass is 16.5. The highest BCUT2D eigenvalue weighted by Gasteiger charge is 2.18. The van der Waals surface area contributed by atoms with Crippen LogP contribution in [0.4, 0.5) is 0 Å². The lowest BCUT2D eigenvalue weighted by Gasteiger charge is -2.29. The third kappa shape index (κ3) is 3.15. The van der Waals surface area contributed by atoms with Crippen molar-refractivity contribution in [3.8, 4) is 11.5 Å². The van der Waals surface area contributed by atoms with Gasteiger partial charge in [-0.3, -0.25) is 4.90 Å². The topological polar surface area (TPSA) is 41.9 Å². The van der Waals surface area contributed by atoms with E-state index >= 15 is 0 Å². The molecule has 0 radical (unpaired) electrons.